The maximum Gasteiger partial charge on any atom is 0.260 e. The molecule has 0 radical (unpaired) electrons. The van der Waals surface area contributed by atoms with Crippen LogP contribution in [0, 0.1) is 13.8 Å². The molecule has 3 rings (SSSR count). The molecule has 2 amide bonds. The summed E-state index contributed by atoms with van der Waals surface area (Å²) in [6, 6.07) is 21.2. The van der Waals surface area contributed by atoms with E-state index in [4.69, 9.17) is 0 Å². The Bertz CT molecular complexity index is 1370. The highest BCUT2D eigenvalue weighted by molar-refractivity contribution is 7.92. The van der Waals surface area contributed by atoms with Gasteiger partial charge < -0.3 is 5.32 Å². The average molecular weight is 493 g/mol. The maximum atomic E-state index is 12.6. The molecule has 3 aromatic carbocycles. The van der Waals surface area contributed by atoms with Crippen molar-refractivity contribution in [2.24, 2.45) is 5.10 Å². The molecule has 3 aromatic rings. The number of aryl methyl sites for hydroxylation is 1. The third-order valence-electron chi connectivity index (χ3n) is 5.45. The molecule has 0 aliphatic rings. The number of carbonyl (C=O) groups is 2. The second-order valence-electron chi connectivity index (χ2n) is 8.12. The molecule has 0 fully saturated rings. The Morgan fingerprint density at radius 2 is 1.57 bits per heavy atom. The molecular weight excluding hydrogens is 464 g/mol. The first-order chi connectivity index (χ1) is 16.6. The Morgan fingerprint density at radius 1 is 0.914 bits per heavy atom. The molecule has 8 nitrogen and oxygen atoms in total. The number of rotatable bonds is 8. The van der Waals surface area contributed by atoms with E-state index < -0.39 is 22.5 Å². The Balaban J connectivity index is 1.71. The summed E-state index contributed by atoms with van der Waals surface area (Å²) in [4.78, 5) is 25.0. The van der Waals surface area contributed by atoms with Crippen LogP contribution in [0.3, 0.4) is 0 Å². The summed E-state index contributed by atoms with van der Waals surface area (Å²) >= 11 is 0. The zero-order valence-corrected chi connectivity index (χ0v) is 20.9. The molecule has 0 aromatic heterocycles. The molecule has 0 heterocycles. The molecule has 2 N–H and O–H groups in total. The number of hydrazone groups is 1. The van der Waals surface area contributed by atoms with Gasteiger partial charge in [-0.2, -0.15) is 5.10 Å². The van der Waals surface area contributed by atoms with Crippen molar-refractivity contribution in [3.05, 3.63) is 95.1 Å². The second kappa shape index (κ2) is 11.0. The van der Waals surface area contributed by atoms with Gasteiger partial charge in [0.15, 0.2) is 0 Å². The Kier molecular flexibility index (Phi) is 8.03. The molecule has 0 bridgehead atoms. The normalized spacial score (nSPS) is 11.6. The van der Waals surface area contributed by atoms with Gasteiger partial charge in [0.2, 0.25) is 10.0 Å². The Hall–Kier alpha value is -3.98. The summed E-state index contributed by atoms with van der Waals surface area (Å²) in [5, 5.41) is 6.96. The molecule has 182 valence electrons. The fourth-order valence-corrected chi connectivity index (χ4v) is 4.29. The van der Waals surface area contributed by atoms with Crippen LogP contribution in [-0.2, 0) is 14.8 Å². The Morgan fingerprint density at radius 3 is 2.26 bits per heavy atom. The van der Waals surface area contributed by atoms with E-state index in [9.17, 15) is 18.0 Å². The minimum Gasteiger partial charge on any atom is -0.322 e. The van der Waals surface area contributed by atoms with Gasteiger partial charge in [-0.1, -0.05) is 42.5 Å². The summed E-state index contributed by atoms with van der Waals surface area (Å²) in [6.45, 7) is 4.99. The zero-order valence-electron chi connectivity index (χ0n) is 20.1. The van der Waals surface area contributed by atoms with Crippen LogP contribution in [0.2, 0.25) is 0 Å². The van der Waals surface area contributed by atoms with E-state index in [-0.39, 0.29) is 5.91 Å². The number of hydrogen-bond donors (Lipinski definition) is 2. The quantitative estimate of drug-likeness (QED) is 0.368. The smallest absolute Gasteiger partial charge is 0.260 e. The van der Waals surface area contributed by atoms with Gasteiger partial charge >= 0.3 is 0 Å². The predicted molar refractivity (Wildman–Crippen MR) is 139 cm³/mol. The first kappa shape index (κ1) is 25.6. The fraction of sp³-hybridized carbons (Fsp3) is 0.192. The van der Waals surface area contributed by atoms with Gasteiger partial charge in [0, 0.05) is 11.3 Å². The van der Waals surface area contributed by atoms with Gasteiger partial charge in [-0.05, 0) is 67.8 Å². The molecule has 0 saturated carbocycles. The minimum absolute atomic E-state index is 0.238. The van der Waals surface area contributed by atoms with Crippen LogP contribution in [0.4, 0.5) is 11.4 Å². The van der Waals surface area contributed by atoms with Crippen molar-refractivity contribution < 1.29 is 18.0 Å². The lowest BCUT2D eigenvalue weighted by Gasteiger charge is -2.24. The SMILES string of the molecule is C/C(=N/NC(=O)CN(c1cccc(C)c1C)S(C)(=O)=O)c1cccc(NC(=O)c2ccccc2)c1. The third kappa shape index (κ3) is 6.77. The number of nitrogens with zero attached hydrogens (tertiary/aromatic N) is 2. The zero-order chi connectivity index (χ0) is 25.6. The summed E-state index contributed by atoms with van der Waals surface area (Å²) in [5.74, 6) is -0.817. The highest BCUT2D eigenvalue weighted by Gasteiger charge is 2.22. The minimum atomic E-state index is -3.70. The fourth-order valence-electron chi connectivity index (χ4n) is 3.38. The van der Waals surface area contributed by atoms with Crippen LogP contribution in [0.25, 0.3) is 0 Å². The predicted octanol–water partition coefficient (Wildman–Crippen LogP) is 3.86. The van der Waals surface area contributed by atoms with Gasteiger partial charge in [-0.25, -0.2) is 13.8 Å². The number of hydrogen-bond acceptors (Lipinski definition) is 5. The van der Waals surface area contributed by atoms with E-state index in [0.29, 0.717) is 28.2 Å². The number of nitrogens with one attached hydrogen (secondary N) is 2. The van der Waals surface area contributed by atoms with Gasteiger partial charge in [-0.3, -0.25) is 13.9 Å². The van der Waals surface area contributed by atoms with Crippen LogP contribution in [-0.4, -0.2) is 38.7 Å². The van der Waals surface area contributed by atoms with E-state index >= 15 is 0 Å². The molecule has 0 unspecified atom stereocenters. The van der Waals surface area contributed by atoms with Crippen molar-refractivity contribution >= 4 is 38.9 Å². The number of benzene rings is 3. The van der Waals surface area contributed by atoms with E-state index in [1.54, 1.807) is 67.6 Å². The monoisotopic (exact) mass is 492 g/mol. The first-order valence-electron chi connectivity index (χ1n) is 10.9. The maximum absolute atomic E-state index is 12.6. The van der Waals surface area contributed by atoms with Gasteiger partial charge in [0.1, 0.15) is 6.54 Å². The van der Waals surface area contributed by atoms with Crippen molar-refractivity contribution in [2.75, 3.05) is 22.4 Å². The number of amides is 2. The van der Waals surface area contributed by atoms with Crippen LogP contribution >= 0.6 is 0 Å². The lowest BCUT2D eigenvalue weighted by atomic mass is 10.1. The standard InChI is InChI=1S/C26H28N4O4S/c1-18-10-8-15-24(19(18)2)30(35(4,33)34)17-25(31)29-28-20(3)22-13-9-14-23(16-22)27-26(32)21-11-6-5-7-12-21/h5-16H,17H2,1-4H3,(H,27,32)(H,29,31)/b28-20-. The Labute approximate surface area is 205 Å². The van der Waals surface area contributed by atoms with Crippen molar-refractivity contribution in [3.8, 4) is 0 Å². The topological polar surface area (TPSA) is 108 Å². The molecule has 0 aliphatic carbocycles. The van der Waals surface area contributed by atoms with E-state index in [1.165, 1.54) is 0 Å². The highest BCUT2D eigenvalue weighted by Crippen LogP contribution is 2.24. The molecule has 0 saturated heterocycles. The van der Waals surface area contributed by atoms with Gasteiger partial charge in [0.25, 0.3) is 11.8 Å². The number of sulfonamides is 1. The molecule has 9 heteroatoms. The van der Waals surface area contributed by atoms with E-state index in [2.05, 4.69) is 15.8 Å². The summed E-state index contributed by atoms with van der Waals surface area (Å²) in [5.41, 5.74) is 6.87. The third-order valence-corrected chi connectivity index (χ3v) is 6.58. The van der Waals surface area contributed by atoms with Crippen molar-refractivity contribution in [1.29, 1.82) is 0 Å². The van der Waals surface area contributed by atoms with Crippen LogP contribution in [0.1, 0.15) is 34.0 Å². The molecule has 0 spiro atoms. The highest BCUT2D eigenvalue weighted by atomic mass is 32.2. The molecular formula is C26H28N4O4S. The summed E-state index contributed by atoms with van der Waals surface area (Å²) in [6.07, 6.45) is 1.06. The first-order valence-corrected chi connectivity index (χ1v) is 12.7. The van der Waals surface area contributed by atoms with Crippen molar-refractivity contribution in [1.82, 2.24) is 5.43 Å². The number of carbonyl (C=O) groups excluding carboxylic acids is 2. The van der Waals surface area contributed by atoms with Crippen molar-refractivity contribution in [2.45, 2.75) is 20.8 Å². The summed E-state index contributed by atoms with van der Waals surface area (Å²) < 4.78 is 25.9. The van der Waals surface area contributed by atoms with E-state index in [0.717, 1.165) is 21.7 Å². The number of anilines is 2. The average Bonchev–Trinajstić information content (AvgIpc) is 2.83. The van der Waals surface area contributed by atoms with Crippen molar-refractivity contribution in [3.63, 3.8) is 0 Å². The lowest BCUT2D eigenvalue weighted by Crippen LogP contribution is -2.39. The van der Waals surface area contributed by atoms with Gasteiger partial charge in [-0.15, -0.1) is 0 Å². The van der Waals surface area contributed by atoms with Crippen LogP contribution in [0.5, 0.6) is 0 Å². The lowest BCUT2D eigenvalue weighted by molar-refractivity contribution is -0.119. The van der Waals surface area contributed by atoms with Gasteiger partial charge in [0.05, 0.1) is 17.7 Å². The largest absolute Gasteiger partial charge is 0.322 e. The molecule has 35 heavy (non-hydrogen) atoms. The van der Waals surface area contributed by atoms with E-state index in [1.807, 2.05) is 26.0 Å². The molecule has 0 atom stereocenters. The van der Waals surface area contributed by atoms with Crippen LogP contribution < -0.4 is 15.0 Å². The molecule has 0 aliphatic heterocycles. The summed E-state index contributed by atoms with van der Waals surface area (Å²) in [7, 11) is -3.70. The van der Waals surface area contributed by atoms with Crippen LogP contribution in [0.15, 0.2) is 77.9 Å². The second-order valence-corrected chi connectivity index (χ2v) is 10.0.